The minimum Gasteiger partial charge on any atom is -0.456 e. The molecule has 0 fully saturated rings. The van der Waals surface area contributed by atoms with Gasteiger partial charge in [0, 0.05) is 27.3 Å². The molecule has 7 aromatic carbocycles. The minimum atomic E-state index is 0.716. The van der Waals surface area contributed by atoms with Crippen LogP contribution in [0.4, 0.5) is 0 Å². The topological polar surface area (TPSA) is 38.9 Å². The van der Waals surface area contributed by atoms with Gasteiger partial charge in [0.2, 0.25) is 0 Å². The number of rotatable bonds is 4. The fraction of sp³-hybridized carbons (Fsp3) is 0. The average molecular weight is 575 g/mol. The number of benzene rings is 7. The first kappa shape index (κ1) is 25.4. The Morgan fingerprint density at radius 3 is 1.76 bits per heavy atom. The van der Waals surface area contributed by atoms with Crippen LogP contribution in [0.3, 0.4) is 0 Å². The maximum absolute atomic E-state index is 6.36. The molecule has 0 radical (unpaired) electrons. The molecule has 9 rings (SSSR count). The molecule has 45 heavy (non-hydrogen) atoms. The lowest BCUT2D eigenvalue weighted by Gasteiger charge is -2.11. The number of aromatic nitrogens is 2. The number of hydrogen-bond donors (Lipinski definition) is 0. The lowest BCUT2D eigenvalue weighted by molar-refractivity contribution is 0.669. The molecule has 0 aliphatic rings. The van der Waals surface area contributed by atoms with Crippen molar-refractivity contribution in [1.82, 2.24) is 9.97 Å². The van der Waals surface area contributed by atoms with Crippen LogP contribution in [0.15, 0.2) is 162 Å². The Morgan fingerprint density at radius 2 is 0.956 bits per heavy atom. The number of para-hydroxylation sites is 1. The summed E-state index contributed by atoms with van der Waals surface area (Å²) in [4.78, 5) is 10.1. The van der Waals surface area contributed by atoms with Crippen molar-refractivity contribution in [2.45, 2.75) is 0 Å². The Kier molecular flexibility index (Phi) is 5.82. The zero-order valence-corrected chi connectivity index (χ0v) is 24.3. The molecule has 3 heteroatoms. The molecular weight excluding hydrogens is 548 g/mol. The molecule has 0 aliphatic carbocycles. The molecule has 210 valence electrons. The van der Waals surface area contributed by atoms with Gasteiger partial charge in [0.1, 0.15) is 11.2 Å². The van der Waals surface area contributed by atoms with E-state index in [2.05, 4.69) is 127 Å². The Hall–Kier alpha value is -6.06. The van der Waals surface area contributed by atoms with Crippen molar-refractivity contribution < 1.29 is 4.42 Å². The molecule has 9 aromatic rings. The number of hydrogen-bond acceptors (Lipinski definition) is 3. The number of nitrogens with zero attached hydrogens (tertiary/aromatic N) is 2. The summed E-state index contributed by atoms with van der Waals surface area (Å²) >= 11 is 0. The summed E-state index contributed by atoms with van der Waals surface area (Å²) in [5.74, 6) is 0.716. The molecule has 0 saturated carbocycles. The molecule has 2 heterocycles. The second kappa shape index (κ2) is 10.3. The van der Waals surface area contributed by atoms with Crippen molar-refractivity contribution in [1.29, 1.82) is 0 Å². The largest absolute Gasteiger partial charge is 0.456 e. The van der Waals surface area contributed by atoms with Gasteiger partial charge in [-0.25, -0.2) is 9.97 Å². The number of furan rings is 1. The molecule has 0 atom stereocenters. The summed E-state index contributed by atoms with van der Waals surface area (Å²) in [5, 5.41) is 5.73. The van der Waals surface area contributed by atoms with Gasteiger partial charge in [-0.1, -0.05) is 115 Å². The normalized spacial score (nSPS) is 11.6. The van der Waals surface area contributed by atoms with Crippen LogP contribution in [0.25, 0.3) is 88.5 Å². The fourth-order valence-corrected chi connectivity index (χ4v) is 6.38. The van der Waals surface area contributed by atoms with E-state index in [1.54, 1.807) is 0 Å². The number of fused-ring (bicyclic) bond motifs is 5. The van der Waals surface area contributed by atoms with Crippen LogP contribution < -0.4 is 0 Å². The second-order valence-electron chi connectivity index (χ2n) is 11.4. The lowest BCUT2D eigenvalue weighted by atomic mass is 9.97. The van der Waals surface area contributed by atoms with Crippen molar-refractivity contribution in [3.63, 3.8) is 0 Å². The van der Waals surface area contributed by atoms with Crippen LogP contribution in [0, 0.1) is 0 Å². The maximum Gasteiger partial charge on any atom is 0.160 e. The fourth-order valence-electron chi connectivity index (χ4n) is 6.38. The van der Waals surface area contributed by atoms with E-state index in [-0.39, 0.29) is 0 Å². The second-order valence-corrected chi connectivity index (χ2v) is 11.4. The van der Waals surface area contributed by atoms with Crippen molar-refractivity contribution in [3.8, 4) is 44.9 Å². The van der Waals surface area contributed by atoms with E-state index < -0.39 is 0 Å². The van der Waals surface area contributed by atoms with Crippen molar-refractivity contribution in [3.05, 3.63) is 158 Å². The zero-order chi connectivity index (χ0) is 29.7. The third-order valence-electron chi connectivity index (χ3n) is 8.64. The SMILES string of the molecule is c1ccc(-c2nc(-c3cccc(-c4cccc(-c5ccc6c(c5)oc5cc7ccccc7cc56)c4)c3)nc3ccccc23)cc1. The van der Waals surface area contributed by atoms with Gasteiger partial charge in [-0.05, 0) is 75.5 Å². The molecule has 0 amide bonds. The first-order chi connectivity index (χ1) is 22.3. The van der Waals surface area contributed by atoms with Crippen molar-refractivity contribution in [2.75, 3.05) is 0 Å². The molecule has 3 nitrogen and oxygen atoms in total. The Balaban J connectivity index is 1.11. The summed E-state index contributed by atoms with van der Waals surface area (Å²) in [7, 11) is 0. The molecule has 0 spiro atoms. The van der Waals surface area contributed by atoms with Gasteiger partial charge in [-0.3, -0.25) is 0 Å². The van der Waals surface area contributed by atoms with Gasteiger partial charge in [0.05, 0.1) is 11.2 Å². The predicted octanol–water partition coefficient (Wildman–Crippen LogP) is 11.4. The molecule has 2 aromatic heterocycles. The van der Waals surface area contributed by atoms with Crippen LogP contribution in [0.2, 0.25) is 0 Å². The summed E-state index contributed by atoms with van der Waals surface area (Å²) in [6.45, 7) is 0. The summed E-state index contributed by atoms with van der Waals surface area (Å²) in [6, 6.07) is 55.0. The van der Waals surface area contributed by atoms with Gasteiger partial charge in [-0.2, -0.15) is 0 Å². The highest BCUT2D eigenvalue weighted by molar-refractivity contribution is 6.10. The van der Waals surface area contributed by atoms with E-state index in [1.807, 2.05) is 30.3 Å². The molecule has 0 N–H and O–H groups in total. The van der Waals surface area contributed by atoms with E-state index in [1.165, 1.54) is 10.8 Å². The highest BCUT2D eigenvalue weighted by Crippen LogP contribution is 2.36. The molecule has 0 bridgehead atoms. The maximum atomic E-state index is 6.36. The summed E-state index contributed by atoms with van der Waals surface area (Å²) in [6.07, 6.45) is 0. The highest BCUT2D eigenvalue weighted by Gasteiger charge is 2.13. The third-order valence-corrected chi connectivity index (χ3v) is 8.64. The van der Waals surface area contributed by atoms with Crippen molar-refractivity contribution >= 4 is 43.6 Å². The van der Waals surface area contributed by atoms with Crippen LogP contribution >= 0.6 is 0 Å². The first-order valence-corrected chi connectivity index (χ1v) is 15.2. The molecular formula is C42H26N2O. The Morgan fingerprint density at radius 1 is 0.356 bits per heavy atom. The van der Waals surface area contributed by atoms with Crippen LogP contribution in [0.1, 0.15) is 0 Å². The van der Waals surface area contributed by atoms with E-state index in [0.717, 1.165) is 71.9 Å². The van der Waals surface area contributed by atoms with E-state index >= 15 is 0 Å². The highest BCUT2D eigenvalue weighted by atomic mass is 16.3. The predicted molar refractivity (Wildman–Crippen MR) is 186 cm³/mol. The first-order valence-electron chi connectivity index (χ1n) is 15.2. The minimum absolute atomic E-state index is 0.716. The van der Waals surface area contributed by atoms with Crippen LogP contribution in [0.5, 0.6) is 0 Å². The smallest absolute Gasteiger partial charge is 0.160 e. The monoisotopic (exact) mass is 574 g/mol. The third kappa shape index (κ3) is 4.45. The van der Waals surface area contributed by atoms with Gasteiger partial charge in [0.25, 0.3) is 0 Å². The molecule has 0 aliphatic heterocycles. The summed E-state index contributed by atoms with van der Waals surface area (Å²) in [5.41, 5.74) is 10.3. The van der Waals surface area contributed by atoms with E-state index in [0.29, 0.717) is 5.82 Å². The van der Waals surface area contributed by atoms with Gasteiger partial charge >= 0.3 is 0 Å². The standard InChI is InChI=1S/C42H26N2O/c1-2-10-27(11-3-1)41-36-18-6-7-19-38(36)43-42(44-41)34-17-9-16-30(23-34)28-14-8-15-29(22-28)33-20-21-35-37-24-31-12-4-5-13-32(31)25-40(37)45-39(35)26-33/h1-26H. The molecule has 0 unspecified atom stereocenters. The Bertz CT molecular complexity index is 2550. The van der Waals surface area contributed by atoms with E-state index in [9.17, 15) is 0 Å². The molecule has 0 saturated heterocycles. The quantitative estimate of drug-likeness (QED) is 0.210. The van der Waals surface area contributed by atoms with Gasteiger partial charge < -0.3 is 4.42 Å². The van der Waals surface area contributed by atoms with E-state index in [4.69, 9.17) is 14.4 Å². The lowest BCUT2D eigenvalue weighted by Crippen LogP contribution is -1.95. The van der Waals surface area contributed by atoms with Crippen LogP contribution in [-0.4, -0.2) is 9.97 Å². The van der Waals surface area contributed by atoms with Gasteiger partial charge in [-0.15, -0.1) is 0 Å². The van der Waals surface area contributed by atoms with Crippen LogP contribution in [-0.2, 0) is 0 Å². The van der Waals surface area contributed by atoms with Gasteiger partial charge in [0.15, 0.2) is 5.82 Å². The summed E-state index contributed by atoms with van der Waals surface area (Å²) < 4.78 is 6.36. The van der Waals surface area contributed by atoms with Crippen molar-refractivity contribution in [2.24, 2.45) is 0 Å². The zero-order valence-electron chi connectivity index (χ0n) is 24.3. The average Bonchev–Trinajstić information content (AvgIpc) is 3.47. The Labute approximate surface area is 260 Å².